The number of carbonyl (C=O) groups is 1. The van der Waals surface area contributed by atoms with Crippen molar-refractivity contribution >= 4 is 15.7 Å². The molecule has 0 aliphatic carbocycles. The van der Waals surface area contributed by atoms with Crippen LogP contribution in [0.1, 0.15) is 32.3 Å². The predicted molar refractivity (Wildman–Crippen MR) is 90.9 cm³/mol. The molecular weight excluding hydrogens is 312 g/mol. The molecule has 1 amide bonds. The Morgan fingerprint density at radius 1 is 1.35 bits per heavy atom. The fraction of sp³-hybridized carbons (Fsp3) is 0.588. The monoisotopic (exact) mass is 338 g/mol. The van der Waals surface area contributed by atoms with Crippen LogP contribution in [-0.4, -0.2) is 45.6 Å². The van der Waals surface area contributed by atoms with Crippen LogP contribution in [0.15, 0.2) is 29.2 Å². The van der Waals surface area contributed by atoms with E-state index < -0.39 is 15.4 Å². The van der Waals surface area contributed by atoms with E-state index in [1.54, 1.807) is 18.2 Å². The van der Waals surface area contributed by atoms with Gasteiger partial charge in [0, 0.05) is 12.8 Å². The number of hydrogen-bond acceptors (Lipinski definition) is 4. The third-order valence-corrected chi connectivity index (χ3v) is 5.53. The Labute approximate surface area is 139 Å². The lowest BCUT2D eigenvalue weighted by Gasteiger charge is -2.33. The summed E-state index contributed by atoms with van der Waals surface area (Å²) in [5, 5.41) is 3.08. The van der Waals surface area contributed by atoms with Crippen LogP contribution >= 0.6 is 0 Å². The second kappa shape index (κ2) is 6.61. The standard InChI is InChI=1S/C17H26N2O3S/c1-17(2,14-8-5-9-15(11-14)23(4,21)22)18-16(20)13-7-6-10-19(3)12-13/h5,8-9,11,13H,6-7,10,12H2,1-4H3,(H,18,20)/t13-/m0/s1. The molecule has 23 heavy (non-hydrogen) atoms. The predicted octanol–water partition coefficient (Wildman–Crippen LogP) is 1.78. The van der Waals surface area contributed by atoms with E-state index in [1.807, 2.05) is 27.0 Å². The van der Waals surface area contributed by atoms with Crippen molar-refractivity contribution in [3.63, 3.8) is 0 Å². The van der Waals surface area contributed by atoms with Gasteiger partial charge in [0.25, 0.3) is 0 Å². The number of hydrogen-bond donors (Lipinski definition) is 1. The normalized spacial score (nSPS) is 20.3. The van der Waals surface area contributed by atoms with Gasteiger partial charge in [-0.2, -0.15) is 0 Å². The maximum absolute atomic E-state index is 12.6. The fourth-order valence-corrected chi connectivity index (χ4v) is 3.64. The summed E-state index contributed by atoms with van der Waals surface area (Å²) >= 11 is 0. The maximum Gasteiger partial charge on any atom is 0.225 e. The fourth-order valence-electron chi connectivity index (χ4n) is 2.98. The van der Waals surface area contributed by atoms with Crippen LogP contribution in [0.4, 0.5) is 0 Å². The van der Waals surface area contributed by atoms with Crippen LogP contribution < -0.4 is 5.32 Å². The topological polar surface area (TPSA) is 66.5 Å². The molecular formula is C17H26N2O3S. The zero-order valence-electron chi connectivity index (χ0n) is 14.3. The van der Waals surface area contributed by atoms with Crippen LogP contribution in [0.3, 0.4) is 0 Å². The van der Waals surface area contributed by atoms with E-state index in [1.165, 1.54) is 6.26 Å². The highest BCUT2D eigenvalue weighted by Crippen LogP contribution is 2.24. The second-order valence-electron chi connectivity index (χ2n) is 7.02. The van der Waals surface area contributed by atoms with Gasteiger partial charge in [0.1, 0.15) is 0 Å². The van der Waals surface area contributed by atoms with E-state index in [2.05, 4.69) is 10.2 Å². The smallest absolute Gasteiger partial charge is 0.225 e. The zero-order chi connectivity index (χ0) is 17.3. The Bertz CT molecular complexity index is 683. The van der Waals surface area contributed by atoms with Crippen molar-refractivity contribution in [1.29, 1.82) is 0 Å². The van der Waals surface area contributed by atoms with Gasteiger partial charge in [0.05, 0.1) is 16.4 Å². The minimum absolute atomic E-state index is 0.00823. The minimum atomic E-state index is -3.26. The van der Waals surface area contributed by atoms with E-state index in [0.29, 0.717) is 0 Å². The third-order valence-electron chi connectivity index (χ3n) is 4.41. The first-order valence-corrected chi connectivity index (χ1v) is 9.80. The first-order valence-electron chi connectivity index (χ1n) is 7.91. The Balaban J connectivity index is 2.16. The molecule has 0 saturated carbocycles. The number of carbonyl (C=O) groups excluding carboxylic acids is 1. The summed E-state index contributed by atoms with van der Waals surface area (Å²) < 4.78 is 23.4. The molecule has 1 fully saturated rings. The van der Waals surface area contributed by atoms with Crippen LogP contribution in [0.25, 0.3) is 0 Å². The van der Waals surface area contributed by atoms with Gasteiger partial charge in [-0.15, -0.1) is 0 Å². The van der Waals surface area contributed by atoms with Gasteiger partial charge in [-0.05, 0) is 58.0 Å². The maximum atomic E-state index is 12.6. The molecule has 1 N–H and O–H groups in total. The average molecular weight is 338 g/mol. The van der Waals surface area contributed by atoms with Crippen molar-refractivity contribution in [2.24, 2.45) is 5.92 Å². The van der Waals surface area contributed by atoms with Gasteiger partial charge >= 0.3 is 0 Å². The number of sulfone groups is 1. The number of piperidine rings is 1. The molecule has 0 aromatic heterocycles. The summed E-state index contributed by atoms with van der Waals surface area (Å²) in [4.78, 5) is 15.0. The molecule has 1 aromatic carbocycles. The second-order valence-corrected chi connectivity index (χ2v) is 9.03. The molecule has 1 atom stereocenters. The zero-order valence-corrected chi connectivity index (χ0v) is 15.1. The Hall–Kier alpha value is -1.40. The van der Waals surface area contributed by atoms with Crippen molar-refractivity contribution in [2.45, 2.75) is 37.1 Å². The number of nitrogens with one attached hydrogen (secondary N) is 1. The number of amides is 1. The highest BCUT2D eigenvalue weighted by atomic mass is 32.2. The van der Waals surface area contributed by atoms with Gasteiger partial charge < -0.3 is 10.2 Å². The molecule has 1 heterocycles. The SMILES string of the molecule is CN1CCC[C@H](C(=O)NC(C)(C)c2cccc(S(C)(=O)=O)c2)C1. The Kier molecular flexibility index (Phi) is 5.16. The van der Waals surface area contributed by atoms with Gasteiger partial charge in [0.15, 0.2) is 9.84 Å². The number of benzene rings is 1. The highest BCUT2D eigenvalue weighted by Gasteiger charge is 2.30. The first-order chi connectivity index (χ1) is 10.6. The molecule has 5 nitrogen and oxygen atoms in total. The first kappa shape index (κ1) is 17.9. The molecule has 1 aliphatic heterocycles. The van der Waals surface area contributed by atoms with E-state index in [0.717, 1.165) is 31.5 Å². The van der Waals surface area contributed by atoms with Gasteiger partial charge in [-0.1, -0.05) is 12.1 Å². The molecule has 0 bridgehead atoms. The molecule has 1 saturated heterocycles. The van der Waals surface area contributed by atoms with Crippen LogP contribution in [-0.2, 0) is 20.2 Å². The van der Waals surface area contributed by atoms with E-state index >= 15 is 0 Å². The lowest BCUT2D eigenvalue weighted by molar-refractivity contribution is -0.128. The van der Waals surface area contributed by atoms with Crippen LogP contribution in [0.5, 0.6) is 0 Å². The Morgan fingerprint density at radius 2 is 2.04 bits per heavy atom. The van der Waals surface area contributed by atoms with Crippen LogP contribution in [0.2, 0.25) is 0 Å². The molecule has 0 radical (unpaired) electrons. The van der Waals surface area contributed by atoms with E-state index in [-0.39, 0.29) is 16.7 Å². The van der Waals surface area contributed by atoms with E-state index in [9.17, 15) is 13.2 Å². The molecule has 2 rings (SSSR count). The Morgan fingerprint density at radius 3 is 2.65 bits per heavy atom. The molecule has 1 aromatic rings. The summed E-state index contributed by atoms with van der Waals surface area (Å²) in [5.41, 5.74) is 0.172. The number of nitrogens with zero attached hydrogens (tertiary/aromatic N) is 1. The highest BCUT2D eigenvalue weighted by molar-refractivity contribution is 7.90. The quantitative estimate of drug-likeness (QED) is 0.909. The van der Waals surface area contributed by atoms with E-state index in [4.69, 9.17) is 0 Å². The van der Waals surface area contributed by atoms with Gasteiger partial charge in [0.2, 0.25) is 5.91 Å². The molecule has 0 spiro atoms. The number of rotatable bonds is 4. The van der Waals surface area contributed by atoms with Crippen molar-refractivity contribution in [1.82, 2.24) is 10.2 Å². The summed E-state index contributed by atoms with van der Waals surface area (Å²) in [6, 6.07) is 6.78. The molecule has 0 unspecified atom stereocenters. The average Bonchev–Trinajstić information content (AvgIpc) is 2.46. The summed E-state index contributed by atoms with van der Waals surface area (Å²) in [7, 11) is -1.23. The lowest BCUT2D eigenvalue weighted by atomic mass is 9.91. The van der Waals surface area contributed by atoms with Gasteiger partial charge in [-0.3, -0.25) is 4.79 Å². The summed E-state index contributed by atoms with van der Waals surface area (Å²) in [6.45, 7) is 5.60. The molecule has 128 valence electrons. The molecule has 1 aliphatic rings. The van der Waals surface area contributed by atoms with Crippen molar-refractivity contribution in [3.8, 4) is 0 Å². The summed E-state index contributed by atoms with van der Waals surface area (Å²) in [6.07, 6.45) is 3.11. The molecule has 6 heteroatoms. The van der Waals surface area contributed by atoms with Crippen LogP contribution in [0, 0.1) is 5.92 Å². The largest absolute Gasteiger partial charge is 0.347 e. The van der Waals surface area contributed by atoms with Gasteiger partial charge in [-0.25, -0.2) is 8.42 Å². The van der Waals surface area contributed by atoms with Crippen molar-refractivity contribution in [3.05, 3.63) is 29.8 Å². The third kappa shape index (κ3) is 4.54. The van der Waals surface area contributed by atoms with Crippen molar-refractivity contribution < 1.29 is 13.2 Å². The van der Waals surface area contributed by atoms with Crippen molar-refractivity contribution in [2.75, 3.05) is 26.4 Å². The minimum Gasteiger partial charge on any atom is -0.347 e. The summed E-state index contributed by atoms with van der Waals surface area (Å²) in [5.74, 6) is 0.0254. The number of likely N-dealkylation sites (tertiary alicyclic amines) is 1. The lowest BCUT2D eigenvalue weighted by Crippen LogP contribution is -2.48.